The zero-order valence-electron chi connectivity index (χ0n) is 18.7. The van der Waals surface area contributed by atoms with E-state index >= 15 is 0 Å². The number of unbranched alkanes of at least 4 members (excludes halogenated alkanes) is 1. The second-order valence-corrected chi connectivity index (χ2v) is 10.4. The Morgan fingerprint density at radius 3 is 2.34 bits per heavy atom. The first-order valence-corrected chi connectivity index (χ1v) is 12.7. The summed E-state index contributed by atoms with van der Waals surface area (Å²) in [5, 5.41) is 0. The molecule has 2 rings (SSSR count). The molecule has 1 aromatic carbocycles. The summed E-state index contributed by atoms with van der Waals surface area (Å²) < 4.78 is 25.9. The van der Waals surface area contributed by atoms with E-state index in [9.17, 15) is 9.36 Å². The summed E-state index contributed by atoms with van der Waals surface area (Å²) in [5.74, 6) is 1.62. The second kappa shape index (κ2) is 11.9. The maximum atomic E-state index is 12.5. The number of benzene rings is 1. The number of ether oxygens (including phenoxy) is 2. The van der Waals surface area contributed by atoms with Gasteiger partial charge in [0.1, 0.15) is 11.5 Å². The predicted octanol–water partition coefficient (Wildman–Crippen LogP) is 4.12. The number of rotatable bonds is 14. The van der Waals surface area contributed by atoms with Crippen molar-refractivity contribution in [2.24, 2.45) is 5.73 Å². The lowest BCUT2D eigenvalue weighted by Crippen LogP contribution is -2.41. The van der Waals surface area contributed by atoms with E-state index in [0.717, 1.165) is 41.2 Å². The van der Waals surface area contributed by atoms with E-state index in [2.05, 4.69) is 4.52 Å². The standard InChI is InChI=1S/C22H32NO7PS/c1-22(23,15-30-31(25,26)27)11-10-19-8-9-21(32-19)20(24)7-5-4-6-16-12-17(28-2)14-18(13-16)29-3/h8-9,12-14H,4-7,10-11,15,23H2,1-3H3,(H2,25,26,27). The number of phosphoric acid groups is 1. The average Bonchev–Trinajstić information content (AvgIpc) is 3.22. The highest BCUT2D eigenvalue weighted by molar-refractivity contribution is 7.46. The Labute approximate surface area is 192 Å². The molecule has 0 bridgehead atoms. The molecule has 1 heterocycles. The fourth-order valence-corrected chi connectivity index (χ4v) is 4.56. The molecule has 1 aromatic heterocycles. The fraction of sp³-hybridized carbons (Fsp3) is 0.500. The minimum absolute atomic E-state index is 0.116. The first-order valence-electron chi connectivity index (χ1n) is 10.3. The van der Waals surface area contributed by atoms with Crippen LogP contribution in [0.3, 0.4) is 0 Å². The quantitative estimate of drug-likeness (QED) is 0.207. The van der Waals surface area contributed by atoms with Crippen LogP contribution in [-0.4, -0.2) is 41.9 Å². The maximum absolute atomic E-state index is 12.5. The van der Waals surface area contributed by atoms with E-state index in [4.69, 9.17) is 25.0 Å². The lowest BCUT2D eigenvalue weighted by Gasteiger charge is -2.24. The number of carbonyl (C=O) groups is 1. The summed E-state index contributed by atoms with van der Waals surface area (Å²) in [6.07, 6.45) is 4.06. The fourth-order valence-electron chi connectivity index (χ4n) is 3.12. The molecule has 1 atom stereocenters. The van der Waals surface area contributed by atoms with Crippen LogP contribution in [0.5, 0.6) is 11.5 Å². The van der Waals surface area contributed by atoms with Gasteiger partial charge in [-0.1, -0.05) is 0 Å². The van der Waals surface area contributed by atoms with E-state index in [1.807, 2.05) is 30.3 Å². The minimum atomic E-state index is -4.54. The maximum Gasteiger partial charge on any atom is 0.469 e. The van der Waals surface area contributed by atoms with Crippen molar-refractivity contribution in [3.05, 3.63) is 45.6 Å². The van der Waals surface area contributed by atoms with Gasteiger partial charge in [0, 0.05) is 22.9 Å². The van der Waals surface area contributed by atoms with E-state index in [-0.39, 0.29) is 12.4 Å². The molecular formula is C22H32NO7PS. The van der Waals surface area contributed by atoms with Gasteiger partial charge in [0.15, 0.2) is 5.78 Å². The van der Waals surface area contributed by atoms with Crippen molar-refractivity contribution < 1.29 is 33.1 Å². The van der Waals surface area contributed by atoms with Crippen molar-refractivity contribution >= 4 is 24.9 Å². The third-order valence-corrected chi connectivity index (χ3v) is 6.62. The third kappa shape index (κ3) is 9.40. The van der Waals surface area contributed by atoms with Crippen molar-refractivity contribution in [1.29, 1.82) is 0 Å². The third-order valence-electron chi connectivity index (χ3n) is 4.97. The normalized spacial score (nSPS) is 13.6. The predicted molar refractivity (Wildman–Crippen MR) is 125 cm³/mol. The number of carbonyl (C=O) groups excluding carboxylic acids is 1. The number of Topliss-reactive ketones (excluding diaryl/α,β-unsaturated/α-hetero) is 1. The van der Waals surface area contributed by atoms with Crippen LogP contribution in [0, 0.1) is 0 Å². The van der Waals surface area contributed by atoms with Crippen LogP contribution in [-0.2, 0) is 21.9 Å². The molecule has 0 aliphatic carbocycles. The van der Waals surface area contributed by atoms with E-state index in [1.54, 1.807) is 21.1 Å². The molecule has 0 amide bonds. The summed E-state index contributed by atoms with van der Waals surface area (Å²) in [5.41, 5.74) is 6.29. The van der Waals surface area contributed by atoms with Crippen LogP contribution in [0.1, 0.15) is 52.7 Å². The van der Waals surface area contributed by atoms with Crippen LogP contribution in [0.15, 0.2) is 30.3 Å². The highest BCUT2D eigenvalue weighted by atomic mass is 32.1. The SMILES string of the molecule is COc1cc(CCCCC(=O)c2ccc(CCC(C)(N)COP(=O)(O)O)s2)cc(OC)c1. The smallest absolute Gasteiger partial charge is 0.469 e. The van der Waals surface area contributed by atoms with Crippen LogP contribution in [0.25, 0.3) is 0 Å². The van der Waals surface area contributed by atoms with Crippen LogP contribution < -0.4 is 15.2 Å². The monoisotopic (exact) mass is 485 g/mol. The summed E-state index contributed by atoms with van der Waals surface area (Å²) >= 11 is 1.44. The van der Waals surface area contributed by atoms with Gasteiger partial charge in [-0.3, -0.25) is 9.32 Å². The van der Waals surface area contributed by atoms with Gasteiger partial charge in [0.2, 0.25) is 0 Å². The molecule has 2 aromatic rings. The Bertz CT molecular complexity index is 916. The second-order valence-electron chi connectivity index (χ2n) is 8.04. The minimum Gasteiger partial charge on any atom is -0.497 e. The Kier molecular flexibility index (Phi) is 9.88. The summed E-state index contributed by atoms with van der Waals surface area (Å²) in [4.78, 5) is 31.9. The number of phosphoric ester groups is 1. The molecule has 1 unspecified atom stereocenters. The molecule has 178 valence electrons. The number of nitrogens with two attached hydrogens (primary N) is 1. The van der Waals surface area contributed by atoms with E-state index in [1.165, 1.54) is 11.3 Å². The zero-order chi connectivity index (χ0) is 23.8. The molecule has 10 heteroatoms. The Morgan fingerprint density at radius 2 is 1.75 bits per heavy atom. The lowest BCUT2D eigenvalue weighted by atomic mass is 9.98. The van der Waals surface area contributed by atoms with Gasteiger partial charge >= 0.3 is 7.82 Å². The van der Waals surface area contributed by atoms with E-state index < -0.39 is 13.4 Å². The molecular weight excluding hydrogens is 453 g/mol. The molecule has 0 aliphatic rings. The van der Waals surface area contributed by atoms with Crippen molar-refractivity contribution in [3.8, 4) is 11.5 Å². The van der Waals surface area contributed by atoms with Crippen molar-refractivity contribution in [1.82, 2.24) is 0 Å². The number of methoxy groups -OCH3 is 2. The number of ketones is 1. The van der Waals surface area contributed by atoms with Gasteiger partial charge < -0.3 is 25.0 Å². The van der Waals surface area contributed by atoms with Crippen molar-refractivity contribution in [3.63, 3.8) is 0 Å². The zero-order valence-corrected chi connectivity index (χ0v) is 20.4. The van der Waals surface area contributed by atoms with E-state index in [0.29, 0.717) is 24.1 Å². The summed E-state index contributed by atoms with van der Waals surface area (Å²) in [7, 11) is -1.30. The molecule has 4 N–H and O–H groups in total. The number of aryl methyl sites for hydroxylation is 2. The van der Waals surface area contributed by atoms with Gasteiger partial charge in [-0.05, 0) is 68.9 Å². The highest BCUT2D eigenvalue weighted by Gasteiger charge is 2.24. The molecule has 0 spiro atoms. The molecule has 32 heavy (non-hydrogen) atoms. The molecule has 8 nitrogen and oxygen atoms in total. The average molecular weight is 486 g/mol. The van der Waals surface area contributed by atoms with Crippen LogP contribution >= 0.6 is 19.2 Å². The Morgan fingerprint density at radius 1 is 1.09 bits per heavy atom. The highest BCUT2D eigenvalue weighted by Crippen LogP contribution is 2.37. The van der Waals surface area contributed by atoms with Gasteiger partial charge in [-0.2, -0.15) is 0 Å². The van der Waals surface area contributed by atoms with Crippen molar-refractivity contribution in [2.45, 2.75) is 51.0 Å². The molecule has 0 saturated heterocycles. The largest absolute Gasteiger partial charge is 0.497 e. The lowest BCUT2D eigenvalue weighted by molar-refractivity contribution is 0.0983. The molecule has 0 saturated carbocycles. The number of hydrogen-bond donors (Lipinski definition) is 3. The van der Waals surface area contributed by atoms with Gasteiger partial charge in [0.05, 0.1) is 25.7 Å². The van der Waals surface area contributed by atoms with Gasteiger partial charge in [-0.15, -0.1) is 11.3 Å². The number of thiophene rings is 1. The summed E-state index contributed by atoms with van der Waals surface area (Å²) in [6, 6.07) is 9.52. The van der Waals surface area contributed by atoms with Crippen LogP contribution in [0.2, 0.25) is 0 Å². The molecule has 0 fully saturated rings. The van der Waals surface area contributed by atoms with Gasteiger partial charge in [-0.25, -0.2) is 4.57 Å². The molecule has 0 aliphatic heterocycles. The van der Waals surface area contributed by atoms with Crippen LogP contribution in [0.4, 0.5) is 0 Å². The Balaban J connectivity index is 1.77. The first kappa shape index (κ1) is 26.5. The topological polar surface area (TPSA) is 128 Å². The summed E-state index contributed by atoms with van der Waals surface area (Å²) in [6.45, 7) is 1.44. The Hall–Kier alpha value is -1.74. The number of hydrogen-bond acceptors (Lipinski definition) is 7. The van der Waals surface area contributed by atoms with Crippen molar-refractivity contribution in [2.75, 3.05) is 20.8 Å². The molecule has 0 radical (unpaired) electrons. The van der Waals surface area contributed by atoms with Gasteiger partial charge in [0.25, 0.3) is 0 Å². The first-order chi connectivity index (χ1) is 15.0.